The molecule has 1 aliphatic heterocycles. The van der Waals surface area contributed by atoms with E-state index < -0.39 is 0 Å². The van der Waals surface area contributed by atoms with E-state index in [1.54, 1.807) is 13.1 Å². The lowest BCUT2D eigenvalue weighted by atomic mass is 9.90. The Kier molecular flexibility index (Phi) is 5.49. The van der Waals surface area contributed by atoms with Crippen molar-refractivity contribution in [2.45, 2.75) is 18.9 Å². The Labute approximate surface area is 153 Å². The summed E-state index contributed by atoms with van der Waals surface area (Å²) < 4.78 is 0. The molecule has 2 aromatic rings. The van der Waals surface area contributed by atoms with Crippen molar-refractivity contribution in [2.75, 3.05) is 18.9 Å². The first-order valence-electron chi connectivity index (χ1n) is 8.52. The van der Waals surface area contributed by atoms with Crippen molar-refractivity contribution in [2.24, 2.45) is 4.99 Å². The summed E-state index contributed by atoms with van der Waals surface area (Å²) in [6, 6.07) is 17.5. The van der Waals surface area contributed by atoms with Crippen LogP contribution >= 0.6 is 0 Å². The molecule has 6 nitrogen and oxygen atoms in total. The van der Waals surface area contributed by atoms with Crippen LogP contribution in [-0.2, 0) is 11.3 Å². The van der Waals surface area contributed by atoms with Crippen LogP contribution in [0.4, 0.5) is 5.69 Å². The summed E-state index contributed by atoms with van der Waals surface area (Å²) in [6.07, 6.45) is 0.450. The Morgan fingerprint density at radius 2 is 2.12 bits per heavy atom. The second-order valence-corrected chi connectivity index (χ2v) is 6.16. The number of carbonyl (C=O) groups excluding carboxylic acids is 1. The topological polar surface area (TPSA) is 89.3 Å². The Hall–Kier alpha value is -3.33. The Morgan fingerprint density at radius 1 is 1.27 bits per heavy atom. The number of benzene rings is 2. The quantitative estimate of drug-likeness (QED) is 0.585. The van der Waals surface area contributed by atoms with Crippen molar-refractivity contribution in [3.05, 3.63) is 65.2 Å². The normalized spacial score (nSPS) is 16.2. The molecule has 0 spiro atoms. The predicted molar refractivity (Wildman–Crippen MR) is 102 cm³/mol. The number of hydrogen-bond acceptors (Lipinski definition) is 3. The Balaban J connectivity index is 1.59. The highest BCUT2D eigenvalue weighted by atomic mass is 16.1. The van der Waals surface area contributed by atoms with Crippen molar-refractivity contribution in [3.63, 3.8) is 0 Å². The number of amides is 1. The molecule has 0 fully saturated rings. The van der Waals surface area contributed by atoms with Crippen molar-refractivity contribution >= 4 is 17.6 Å². The third kappa shape index (κ3) is 4.19. The van der Waals surface area contributed by atoms with Crippen LogP contribution in [0.1, 0.15) is 29.0 Å². The minimum Gasteiger partial charge on any atom is -0.356 e. The van der Waals surface area contributed by atoms with Crippen LogP contribution in [0, 0.1) is 11.3 Å². The summed E-state index contributed by atoms with van der Waals surface area (Å²) in [5, 5.41) is 18.4. The van der Waals surface area contributed by atoms with E-state index in [2.05, 4.69) is 27.0 Å². The van der Waals surface area contributed by atoms with Crippen LogP contribution in [0.3, 0.4) is 0 Å². The van der Waals surface area contributed by atoms with Gasteiger partial charge in [0.1, 0.15) is 0 Å². The first-order chi connectivity index (χ1) is 12.7. The number of carbonyl (C=O) groups is 1. The van der Waals surface area contributed by atoms with E-state index in [4.69, 9.17) is 5.26 Å². The Morgan fingerprint density at radius 3 is 2.92 bits per heavy atom. The van der Waals surface area contributed by atoms with Crippen molar-refractivity contribution in [1.82, 2.24) is 10.6 Å². The molecule has 0 bridgehead atoms. The molecule has 1 amide bonds. The monoisotopic (exact) mass is 347 g/mol. The maximum Gasteiger partial charge on any atom is 0.225 e. The van der Waals surface area contributed by atoms with Crippen molar-refractivity contribution in [1.29, 1.82) is 5.26 Å². The van der Waals surface area contributed by atoms with Crippen LogP contribution < -0.4 is 16.0 Å². The second kappa shape index (κ2) is 8.17. The standard InChI is InChI=1S/C20H21N5O/c1-22-20(23-12-15-6-4-5-14(9-15)11-21)24-13-16-10-19(26)25-18-8-3-2-7-17(16)18/h2-9,16H,10,12-13H2,1H3,(H,25,26)(H2,22,23,24). The average Bonchev–Trinajstić information content (AvgIpc) is 2.68. The molecular weight excluding hydrogens is 326 g/mol. The van der Waals surface area contributed by atoms with Gasteiger partial charge in [-0.15, -0.1) is 0 Å². The van der Waals surface area contributed by atoms with Crippen molar-refractivity contribution in [3.8, 4) is 6.07 Å². The number of nitrogens with one attached hydrogen (secondary N) is 3. The van der Waals surface area contributed by atoms with Gasteiger partial charge < -0.3 is 16.0 Å². The molecule has 1 atom stereocenters. The van der Waals surface area contributed by atoms with Gasteiger partial charge in [-0.25, -0.2) is 0 Å². The molecule has 1 aliphatic rings. The van der Waals surface area contributed by atoms with Gasteiger partial charge in [0.15, 0.2) is 5.96 Å². The molecule has 132 valence electrons. The molecule has 0 aromatic heterocycles. The maximum atomic E-state index is 11.9. The van der Waals surface area contributed by atoms with Gasteiger partial charge in [-0.3, -0.25) is 9.79 Å². The third-order valence-electron chi connectivity index (χ3n) is 4.36. The highest BCUT2D eigenvalue weighted by molar-refractivity contribution is 5.94. The molecule has 0 aliphatic carbocycles. The van der Waals surface area contributed by atoms with E-state index in [0.717, 1.165) is 16.8 Å². The van der Waals surface area contributed by atoms with Crippen molar-refractivity contribution < 1.29 is 4.79 Å². The first kappa shape index (κ1) is 17.5. The highest BCUT2D eigenvalue weighted by Crippen LogP contribution is 2.31. The smallest absolute Gasteiger partial charge is 0.225 e. The highest BCUT2D eigenvalue weighted by Gasteiger charge is 2.24. The summed E-state index contributed by atoms with van der Waals surface area (Å²) in [4.78, 5) is 16.1. The fourth-order valence-electron chi connectivity index (χ4n) is 3.06. The lowest BCUT2D eigenvalue weighted by molar-refractivity contribution is -0.116. The van der Waals surface area contributed by atoms with Crippen LogP contribution in [0.15, 0.2) is 53.5 Å². The number of anilines is 1. The molecule has 2 aromatic carbocycles. The number of fused-ring (bicyclic) bond motifs is 1. The number of nitriles is 1. The fraction of sp³-hybridized carbons (Fsp3) is 0.250. The number of rotatable bonds is 4. The minimum atomic E-state index is 0.0340. The molecule has 1 heterocycles. The van der Waals surface area contributed by atoms with E-state index in [0.29, 0.717) is 31.0 Å². The molecule has 26 heavy (non-hydrogen) atoms. The van der Waals surface area contributed by atoms with E-state index in [1.807, 2.05) is 42.5 Å². The predicted octanol–water partition coefficient (Wildman–Crippen LogP) is 2.35. The van der Waals surface area contributed by atoms with Gasteiger partial charge in [-0.2, -0.15) is 5.26 Å². The molecule has 3 rings (SSSR count). The van der Waals surface area contributed by atoms with Gasteiger partial charge in [-0.1, -0.05) is 30.3 Å². The van der Waals surface area contributed by atoms with Crippen LogP contribution in [0.25, 0.3) is 0 Å². The van der Waals surface area contributed by atoms with Gasteiger partial charge >= 0.3 is 0 Å². The summed E-state index contributed by atoms with van der Waals surface area (Å²) in [7, 11) is 1.71. The van der Waals surface area contributed by atoms with E-state index in [1.165, 1.54) is 0 Å². The summed E-state index contributed by atoms with van der Waals surface area (Å²) in [5.74, 6) is 0.794. The molecule has 3 N–H and O–H groups in total. The molecular formula is C20H21N5O. The SMILES string of the molecule is CN=C(NCc1cccc(C#N)c1)NCC1CC(=O)Nc2ccccc21. The number of guanidine groups is 1. The van der Waals surface area contributed by atoms with E-state index >= 15 is 0 Å². The number of nitrogens with zero attached hydrogens (tertiary/aromatic N) is 2. The van der Waals surface area contributed by atoms with Crippen LogP contribution in [0.5, 0.6) is 0 Å². The van der Waals surface area contributed by atoms with Gasteiger partial charge in [-0.05, 0) is 29.3 Å². The van der Waals surface area contributed by atoms with E-state index in [9.17, 15) is 4.79 Å². The van der Waals surface area contributed by atoms with Gasteiger partial charge in [0.25, 0.3) is 0 Å². The van der Waals surface area contributed by atoms with Gasteiger partial charge in [0.05, 0.1) is 11.6 Å². The summed E-state index contributed by atoms with van der Waals surface area (Å²) in [6.45, 7) is 1.18. The summed E-state index contributed by atoms with van der Waals surface area (Å²) >= 11 is 0. The zero-order chi connectivity index (χ0) is 18.4. The zero-order valence-corrected chi connectivity index (χ0v) is 14.6. The first-order valence-corrected chi connectivity index (χ1v) is 8.52. The number of hydrogen-bond donors (Lipinski definition) is 3. The molecule has 0 saturated heterocycles. The minimum absolute atomic E-state index is 0.0340. The van der Waals surface area contributed by atoms with Crippen LogP contribution in [0.2, 0.25) is 0 Å². The summed E-state index contributed by atoms with van der Waals surface area (Å²) in [5.41, 5.74) is 3.66. The van der Waals surface area contributed by atoms with Gasteiger partial charge in [0, 0.05) is 38.2 Å². The fourth-order valence-corrected chi connectivity index (χ4v) is 3.06. The lowest BCUT2D eigenvalue weighted by Crippen LogP contribution is -2.40. The zero-order valence-electron chi connectivity index (χ0n) is 14.6. The lowest BCUT2D eigenvalue weighted by Gasteiger charge is -2.26. The molecule has 1 unspecified atom stereocenters. The number of para-hydroxylation sites is 1. The average molecular weight is 347 g/mol. The molecule has 0 radical (unpaired) electrons. The largest absolute Gasteiger partial charge is 0.356 e. The molecule has 6 heteroatoms. The molecule has 0 saturated carbocycles. The van der Waals surface area contributed by atoms with Gasteiger partial charge in [0.2, 0.25) is 5.91 Å². The second-order valence-electron chi connectivity index (χ2n) is 6.16. The number of aliphatic imine (C=N–C) groups is 1. The third-order valence-corrected chi connectivity index (χ3v) is 4.36. The Bertz CT molecular complexity index is 869. The maximum absolute atomic E-state index is 11.9. The van der Waals surface area contributed by atoms with E-state index in [-0.39, 0.29) is 11.8 Å². The van der Waals surface area contributed by atoms with Crippen LogP contribution in [-0.4, -0.2) is 25.5 Å².